The average molecular weight is 470 g/mol. The van der Waals surface area contributed by atoms with Crippen molar-refractivity contribution in [2.75, 3.05) is 25.1 Å². The van der Waals surface area contributed by atoms with Crippen molar-refractivity contribution in [2.24, 2.45) is 0 Å². The molecule has 1 atom stereocenters. The van der Waals surface area contributed by atoms with Gasteiger partial charge in [0.2, 0.25) is 5.82 Å². The molecular formula is C21H17Cl2N7O2. The number of amides is 1. The van der Waals surface area contributed by atoms with Crippen LogP contribution in [0.1, 0.15) is 10.6 Å². The molecule has 4 heterocycles. The highest BCUT2D eigenvalue weighted by molar-refractivity contribution is 6.33. The van der Waals surface area contributed by atoms with E-state index in [2.05, 4.69) is 30.5 Å². The van der Waals surface area contributed by atoms with Crippen molar-refractivity contribution in [1.29, 1.82) is 0 Å². The van der Waals surface area contributed by atoms with E-state index in [0.717, 1.165) is 16.5 Å². The normalized spacial score (nSPS) is 15.7. The molecule has 1 amide bonds. The molecule has 0 aliphatic carbocycles. The van der Waals surface area contributed by atoms with Gasteiger partial charge >= 0.3 is 0 Å². The molecule has 0 saturated heterocycles. The van der Waals surface area contributed by atoms with Crippen molar-refractivity contribution in [2.45, 2.75) is 6.04 Å². The fourth-order valence-electron chi connectivity index (χ4n) is 3.64. The summed E-state index contributed by atoms with van der Waals surface area (Å²) >= 11 is 12.4. The van der Waals surface area contributed by atoms with Gasteiger partial charge in [-0.05, 0) is 6.07 Å². The van der Waals surface area contributed by atoms with E-state index in [1.807, 2.05) is 30.1 Å². The molecule has 1 aliphatic rings. The number of likely N-dealkylation sites (N-methyl/N-ethyl adjacent to an activating group) is 1. The standard InChI is InChI=1S/C21H17Cl2N7O2/c1-30-9-12(10-32-17-5-11(22)6-25-20(17)30)27-21(31)19-24-8-15(23)18(28-19)13-3-2-4-16-14(13)7-26-29-16/h2-8,12H,9-10H2,1H3,(H,26,29)(H,27,31). The van der Waals surface area contributed by atoms with E-state index in [1.54, 1.807) is 18.5 Å². The molecule has 1 aromatic carbocycles. The molecule has 32 heavy (non-hydrogen) atoms. The summed E-state index contributed by atoms with van der Waals surface area (Å²) in [5, 5.41) is 11.6. The van der Waals surface area contributed by atoms with E-state index in [9.17, 15) is 4.79 Å². The molecule has 11 heteroatoms. The Labute approximate surface area is 192 Å². The zero-order chi connectivity index (χ0) is 22.2. The summed E-state index contributed by atoms with van der Waals surface area (Å²) in [5.41, 5.74) is 2.06. The number of aromatic nitrogens is 5. The van der Waals surface area contributed by atoms with Crippen LogP contribution < -0.4 is 15.0 Å². The summed E-state index contributed by atoms with van der Waals surface area (Å²) in [6.07, 6.45) is 4.68. The zero-order valence-electron chi connectivity index (χ0n) is 16.8. The van der Waals surface area contributed by atoms with E-state index >= 15 is 0 Å². The maximum absolute atomic E-state index is 13.0. The first-order valence-electron chi connectivity index (χ1n) is 9.75. The number of aromatic amines is 1. The Morgan fingerprint density at radius 2 is 2.12 bits per heavy atom. The molecule has 0 fully saturated rings. The van der Waals surface area contributed by atoms with Gasteiger partial charge in [-0.1, -0.05) is 35.3 Å². The van der Waals surface area contributed by atoms with Gasteiger partial charge in [0, 0.05) is 36.8 Å². The number of nitrogens with one attached hydrogen (secondary N) is 2. The van der Waals surface area contributed by atoms with Crippen LogP contribution in [-0.4, -0.2) is 57.3 Å². The number of rotatable bonds is 3. The Bertz CT molecular complexity index is 1330. The lowest BCUT2D eigenvalue weighted by atomic mass is 10.1. The van der Waals surface area contributed by atoms with Crippen LogP contribution in [0.2, 0.25) is 10.0 Å². The number of halogens is 2. The molecule has 0 bridgehead atoms. The van der Waals surface area contributed by atoms with Crippen LogP contribution in [0.4, 0.5) is 5.82 Å². The number of hydrogen-bond acceptors (Lipinski definition) is 7. The fourth-order valence-corrected chi connectivity index (χ4v) is 3.98. The molecule has 162 valence electrons. The largest absolute Gasteiger partial charge is 0.487 e. The maximum atomic E-state index is 13.0. The number of benzene rings is 1. The van der Waals surface area contributed by atoms with Gasteiger partial charge in [0.05, 0.1) is 39.7 Å². The third-order valence-corrected chi connectivity index (χ3v) is 5.60. The van der Waals surface area contributed by atoms with E-state index in [4.69, 9.17) is 27.9 Å². The second kappa shape index (κ2) is 8.25. The number of fused-ring (bicyclic) bond motifs is 2. The van der Waals surface area contributed by atoms with Gasteiger partial charge in [-0.2, -0.15) is 5.10 Å². The van der Waals surface area contributed by atoms with E-state index in [1.165, 1.54) is 6.20 Å². The van der Waals surface area contributed by atoms with Gasteiger partial charge in [0.25, 0.3) is 5.91 Å². The second-order valence-electron chi connectivity index (χ2n) is 7.36. The van der Waals surface area contributed by atoms with Gasteiger partial charge < -0.3 is 15.0 Å². The quantitative estimate of drug-likeness (QED) is 0.473. The first kappa shape index (κ1) is 20.5. The van der Waals surface area contributed by atoms with Crippen molar-refractivity contribution >= 4 is 45.8 Å². The Morgan fingerprint density at radius 1 is 1.25 bits per heavy atom. The van der Waals surface area contributed by atoms with Crippen LogP contribution in [0, 0.1) is 0 Å². The number of carbonyl (C=O) groups excluding carboxylic acids is 1. The molecule has 4 aromatic rings. The number of hydrogen-bond donors (Lipinski definition) is 2. The van der Waals surface area contributed by atoms with Gasteiger partial charge in [-0.25, -0.2) is 15.0 Å². The minimum Gasteiger partial charge on any atom is -0.487 e. The summed E-state index contributed by atoms with van der Waals surface area (Å²) in [4.78, 5) is 27.8. The fraction of sp³-hybridized carbons (Fsp3) is 0.190. The average Bonchev–Trinajstić information content (AvgIpc) is 3.21. The summed E-state index contributed by atoms with van der Waals surface area (Å²) < 4.78 is 5.82. The SMILES string of the molecule is CN1CC(NC(=O)c2ncc(Cl)c(-c3cccc4[nH]ncc34)n2)COc2cc(Cl)cnc21. The number of H-pyrrole nitrogens is 1. The van der Waals surface area contributed by atoms with Crippen LogP contribution in [0.3, 0.4) is 0 Å². The molecule has 2 N–H and O–H groups in total. The highest BCUT2D eigenvalue weighted by Crippen LogP contribution is 2.32. The topological polar surface area (TPSA) is 109 Å². The number of anilines is 1. The van der Waals surface area contributed by atoms with Crippen LogP contribution in [0.5, 0.6) is 5.75 Å². The maximum Gasteiger partial charge on any atom is 0.289 e. The second-order valence-corrected chi connectivity index (χ2v) is 8.21. The molecule has 1 unspecified atom stereocenters. The zero-order valence-corrected chi connectivity index (χ0v) is 18.4. The molecule has 0 radical (unpaired) electrons. The highest BCUT2D eigenvalue weighted by Gasteiger charge is 2.25. The first-order valence-corrected chi connectivity index (χ1v) is 10.5. The minimum atomic E-state index is -0.429. The minimum absolute atomic E-state index is 0.00971. The lowest BCUT2D eigenvalue weighted by Crippen LogP contribution is -2.45. The van der Waals surface area contributed by atoms with Crippen LogP contribution in [0.15, 0.2) is 42.9 Å². The van der Waals surface area contributed by atoms with Crippen LogP contribution in [0.25, 0.3) is 22.2 Å². The highest BCUT2D eigenvalue weighted by atomic mass is 35.5. The Kier molecular flexibility index (Phi) is 5.28. The lowest BCUT2D eigenvalue weighted by Gasteiger charge is -2.21. The van der Waals surface area contributed by atoms with Gasteiger partial charge in [0.15, 0.2) is 11.6 Å². The predicted octanol–water partition coefficient (Wildman–Crippen LogP) is 3.35. The van der Waals surface area contributed by atoms with Gasteiger partial charge in [-0.3, -0.25) is 9.89 Å². The van der Waals surface area contributed by atoms with Crippen molar-refractivity contribution < 1.29 is 9.53 Å². The van der Waals surface area contributed by atoms with Crippen LogP contribution >= 0.6 is 23.2 Å². The van der Waals surface area contributed by atoms with E-state index < -0.39 is 5.91 Å². The molecule has 5 rings (SSSR count). The van der Waals surface area contributed by atoms with Crippen molar-refractivity contribution in [3.05, 3.63) is 58.7 Å². The Balaban J connectivity index is 1.39. The summed E-state index contributed by atoms with van der Waals surface area (Å²) in [5.74, 6) is 0.802. The Hall–Kier alpha value is -3.43. The van der Waals surface area contributed by atoms with Crippen LogP contribution in [-0.2, 0) is 0 Å². The summed E-state index contributed by atoms with van der Waals surface area (Å²) in [6.45, 7) is 0.738. The van der Waals surface area contributed by atoms with Gasteiger partial charge in [-0.15, -0.1) is 0 Å². The number of pyridine rings is 1. The van der Waals surface area contributed by atoms with Crippen molar-refractivity contribution in [3.63, 3.8) is 0 Å². The van der Waals surface area contributed by atoms with E-state index in [0.29, 0.717) is 33.9 Å². The van der Waals surface area contributed by atoms with Crippen molar-refractivity contribution in [1.82, 2.24) is 30.5 Å². The molecule has 0 spiro atoms. The lowest BCUT2D eigenvalue weighted by molar-refractivity contribution is 0.0915. The number of carbonyl (C=O) groups is 1. The third kappa shape index (κ3) is 3.80. The number of nitrogens with zero attached hydrogens (tertiary/aromatic N) is 5. The summed E-state index contributed by atoms with van der Waals surface area (Å²) in [7, 11) is 1.87. The third-order valence-electron chi connectivity index (χ3n) is 5.12. The summed E-state index contributed by atoms with van der Waals surface area (Å²) in [6, 6.07) is 7.02. The predicted molar refractivity (Wildman–Crippen MR) is 121 cm³/mol. The number of ether oxygens (including phenoxy) is 1. The van der Waals surface area contributed by atoms with E-state index in [-0.39, 0.29) is 18.5 Å². The molecule has 0 saturated carbocycles. The van der Waals surface area contributed by atoms with Crippen molar-refractivity contribution in [3.8, 4) is 17.0 Å². The molecule has 3 aromatic heterocycles. The molecule has 1 aliphatic heterocycles. The molecule has 9 nitrogen and oxygen atoms in total. The first-order chi connectivity index (χ1) is 15.5. The molecular weight excluding hydrogens is 453 g/mol. The Morgan fingerprint density at radius 3 is 3.00 bits per heavy atom. The smallest absolute Gasteiger partial charge is 0.289 e. The monoisotopic (exact) mass is 469 g/mol. The van der Waals surface area contributed by atoms with Gasteiger partial charge in [0.1, 0.15) is 6.61 Å².